The maximum atomic E-state index is 12.1. The molecule has 2 aromatic heterocycles. The molecule has 1 aliphatic rings. The molecule has 0 radical (unpaired) electrons. The predicted octanol–water partition coefficient (Wildman–Crippen LogP) is 2.95. The van der Waals surface area contributed by atoms with Gasteiger partial charge in [0.25, 0.3) is 0 Å². The highest BCUT2D eigenvalue weighted by Gasteiger charge is 2.31. The Morgan fingerprint density at radius 1 is 1.03 bits per heavy atom. The third kappa shape index (κ3) is 4.14. The van der Waals surface area contributed by atoms with Crippen LogP contribution < -0.4 is 9.80 Å². The smallest absolute Gasteiger partial charge is 0.354 e. The normalized spacial score (nSPS) is 13.9. The molecule has 29 heavy (non-hydrogen) atoms. The molecule has 0 spiro atoms. The average molecular weight is 392 g/mol. The van der Waals surface area contributed by atoms with Crippen LogP contribution in [-0.2, 0) is 11.3 Å². The van der Waals surface area contributed by atoms with Crippen molar-refractivity contribution in [3.05, 3.63) is 76.7 Å². The van der Waals surface area contributed by atoms with Gasteiger partial charge in [-0.15, -0.1) is 0 Å². The topological polar surface area (TPSA) is 97.5 Å². The zero-order chi connectivity index (χ0) is 20.1. The van der Waals surface area contributed by atoms with Crippen molar-refractivity contribution >= 4 is 23.1 Å². The first-order chi connectivity index (χ1) is 14.2. The van der Waals surface area contributed by atoms with E-state index in [0.717, 1.165) is 5.56 Å². The summed E-state index contributed by atoms with van der Waals surface area (Å²) in [5, 5.41) is 12.1. The maximum Gasteiger partial charge on any atom is 0.354 e. The van der Waals surface area contributed by atoms with Crippen molar-refractivity contribution in [2.45, 2.75) is 6.54 Å². The summed E-state index contributed by atoms with van der Waals surface area (Å²) in [6.45, 7) is 2.48. The summed E-state index contributed by atoms with van der Waals surface area (Å²) in [5.74, 6) is 1.09. The van der Waals surface area contributed by atoms with Gasteiger partial charge >= 0.3 is 5.69 Å². The molecule has 0 bridgehead atoms. The molecule has 9 nitrogen and oxygen atoms in total. The summed E-state index contributed by atoms with van der Waals surface area (Å²) < 4.78 is 5.37. The van der Waals surface area contributed by atoms with Crippen LogP contribution in [0, 0.1) is 10.1 Å². The molecule has 9 heteroatoms. The number of hydrogen-bond donors (Lipinski definition) is 0. The van der Waals surface area contributed by atoms with E-state index in [4.69, 9.17) is 4.74 Å². The van der Waals surface area contributed by atoms with Crippen molar-refractivity contribution in [3.8, 4) is 0 Å². The lowest BCUT2D eigenvalue weighted by molar-refractivity contribution is -0.383. The van der Waals surface area contributed by atoms with Gasteiger partial charge in [-0.2, -0.15) is 0 Å². The van der Waals surface area contributed by atoms with E-state index in [1.165, 1.54) is 6.33 Å². The molecule has 0 unspecified atom stereocenters. The zero-order valence-corrected chi connectivity index (χ0v) is 15.7. The summed E-state index contributed by atoms with van der Waals surface area (Å²) in [7, 11) is 0. The molecule has 4 rings (SSSR count). The van der Waals surface area contributed by atoms with E-state index in [1.807, 2.05) is 47.4 Å². The Morgan fingerprint density at radius 2 is 1.79 bits per heavy atom. The van der Waals surface area contributed by atoms with Crippen molar-refractivity contribution < 1.29 is 9.66 Å². The van der Waals surface area contributed by atoms with Crippen LogP contribution >= 0.6 is 0 Å². The molecule has 0 amide bonds. The molecule has 148 valence electrons. The van der Waals surface area contributed by atoms with Gasteiger partial charge < -0.3 is 14.5 Å². The van der Waals surface area contributed by atoms with E-state index in [9.17, 15) is 10.1 Å². The fourth-order valence-electron chi connectivity index (χ4n) is 3.27. The third-order valence-corrected chi connectivity index (χ3v) is 4.64. The zero-order valence-electron chi connectivity index (χ0n) is 15.7. The third-order valence-electron chi connectivity index (χ3n) is 4.64. The first-order valence-electron chi connectivity index (χ1n) is 9.28. The van der Waals surface area contributed by atoms with Gasteiger partial charge in [-0.1, -0.05) is 36.4 Å². The van der Waals surface area contributed by atoms with Crippen LogP contribution in [0.4, 0.5) is 23.1 Å². The van der Waals surface area contributed by atoms with E-state index in [1.54, 1.807) is 17.2 Å². The van der Waals surface area contributed by atoms with Crippen LogP contribution in [0.5, 0.6) is 0 Å². The number of aromatic nitrogens is 3. The minimum Gasteiger partial charge on any atom is -0.378 e. The lowest BCUT2D eigenvalue weighted by Gasteiger charge is -2.29. The highest BCUT2D eigenvalue weighted by atomic mass is 16.6. The van der Waals surface area contributed by atoms with E-state index in [2.05, 4.69) is 15.0 Å². The van der Waals surface area contributed by atoms with Crippen LogP contribution in [0.25, 0.3) is 0 Å². The van der Waals surface area contributed by atoms with Crippen LogP contribution in [0.2, 0.25) is 0 Å². The first kappa shape index (κ1) is 18.8. The minimum atomic E-state index is -0.416. The number of benzene rings is 1. The van der Waals surface area contributed by atoms with E-state index >= 15 is 0 Å². The second-order valence-electron chi connectivity index (χ2n) is 6.49. The fourth-order valence-corrected chi connectivity index (χ4v) is 3.27. The Bertz CT molecular complexity index is 964. The van der Waals surface area contributed by atoms with Gasteiger partial charge in [-0.3, -0.25) is 10.1 Å². The van der Waals surface area contributed by atoms with Gasteiger partial charge in [0.15, 0.2) is 0 Å². The molecule has 0 N–H and O–H groups in total. The van der Waals surface area contributed by atoms with Gasteiger partial charge in [0, 0.05) is 19.3 Å². The summed E-state index contributed by atoms with van der Waals surface area (Å²) in [5.41, 5.74) is 0.856. The van der Waals surface area contributed by atoms with Crippen molar-refractivity contribution in [1.29, 1.82) is 0 Å². The van der Waals surface area contributed by atoms with Gasteiger partial charge in [0.1, 0.15) is 12.1 Å². The molecule has 3 aromatic rings. The standard InChI is InChI=1S/C20H20N6O3/c27-26(28)18-19(24-10-12-29-13-11-24)22-15-23-20(18)25(17-8-4-5-9-21-17)14-16-6-2-1-3-7-16/h1-9,15H,10-14H2. The summed E-state index contributed by atoms with van der Waals surface area (Å²) in [6.07, 6.45) is 3.03. The van der Waals surface area contributed by atoms with Crippen LogP contribution in [0.15, 0.2) is 61.1 Å². The second kappa shape index (κ2) is 8.61. The van der Waals surface area contributed by atoms with Gasteiger partial charge in [0.2, 0.25) is 11.6 Å². The predicted molar refractivity (Wildman–Crippen MR) is 108 cm³/mol. The number of hydrogen-bond acceptors (Lipinski definition) is 8. The molecule has 1 aromatic carbocycles. The number of rotatable bonds is 6. The molecular weight excluding hydrogens is 372 g/mol. The summed E-state index contributed by atoms with van der Waals surface area (Å²) in [6, 6.07) is 15.2. The van der Waals surface area contributed by atoms with Crippen LogP contribution in [-0.4, -0.2) is 46.2 Å². The Labute approximate surface area is 167 Å². The van der Waals surface area contributed by atoms with Gasteiger partial charge in [-0.05, 0) is 17.7 Å². The summed E-state index contributed by atoms with van der Waals surface area (Å²) >= 11 is 0. The molecule has 0 atom stereocenters. The number of anilines is 3. The fraction of sp³-hybridized carbons (Fsp3) is 0.250. The van der Waals surface area contributed by atoms with E-state index in [0.29, 0.717) is 44.5 Å². The summed E-state index contributed by atoms with van der Waals surface area (Å²) in [4.78, 5) is 28.2. The average Bonchev–Trinajstić information content (AvgIpc) is 2.79. The number of nitro groups is 1. The van der Waals surface area contributed by atoms with E-state index < -0.39 is 4.92 Å². The quantitative estimate of drug-likeness (QED) is 0.466. The molecule has 1 fully saturated rings. The lowest BCUT2D eigenvalue weighted by atomic mass is 10.2. The lowest BCUT2D eigenvalue weighted by Crippen LogP contribution is -2.37. The highest BCUT2D eigenvalue weighted by molar-refractivity contribution is 5.75. The minimum absolute atomic E-state index is 0.129. The Balaban J connectivity index is 1.82. The maximum absolute atomic E-state index is 12.1. The number of nitrogens with zero attached hydrogens (tertiary/aromatic N) is 6. The van der Waals surface area contributed by atoms with Gasteiger partial charge in [-0.25, -0.2) is 15.0 Å². The largest absolute Gasteiger partial charge is 0.378 e. The molecular formula is C20H20N6O3. The molecule has 0 aliphatic carbocycles. The van der Waals surface area contributed by atoms with Gasteiger partial charge in [0.05, 0.1) is 24.7 Å². The van der Waals surface area contributed by atoms with Crippen molar-refractivity contribution in [2.24, 2.45) is 0 Å². The van der Waals surface area contributed by atoms with Crippen LogP contribution in [0.3, 0.4) is 0 Å². The number of ether oxygens (including phenoxy) is 1. The SMILES string of the molecule is O=[N+]([O-])c1c(N2CCOCC2)ncnc1N(Cc1ccccc1)c1ccccn1. The Hall–Kier alpha value is -3.59. The Morgan fingerprint density at radius 3 is 2.48 bits per heavy atom. The highest BCUT2D eigenvalue weighted by Crippen LogP contribution is 2.37. The van der Waals surface area contributed by atoms with E-state index in [-0.39, 0.29) is 11.5 Å². The molecule has 3 heterocycles. The first-order valence-corrected chi connectivity index (χ1v) is 9.28. The van der Waals surface area contributed by atoms with Crippen molar-refractivity contribution in [2.75, 3.05) is 36.1 Å². The Kier molecular flexibility index (Phi) is 5.57. The van der Waals surface area contributed by atoms with Crippen molar-refractivity contribution in [1.82, 2.24) is 15.0 Å². The monoisotopic (exact) mass is 392 g/mol. The number of pyridine rings is 1. The molecule has 1 saturated heterocycles. The molecule has 1 aliphatic heterocycles. The van der Waals surface area contributed by atoms with Crippen LogP contribution in [0.1, 0.15) is 5.56 Å². The molecule has 0 saturated carbocycles. The number of morpholine rings is 1. The second-order valence-corrected chi connectivity index (χ2v) is 6.49. The van der Waals surface area contributed by atoms with Crippen molar-refractivity contribution in [3.63, 3.8) is 0 Å².